The highest BCUT2D eigenvalue weighted by Crippen LogP contribution is 2.37. The molecular formula is C30H27N5O4S. The fraction of sp³-hybridized carbons (Fsp3) is 0.233. The van der Waals surface area contributed by atoms with Gasteiger partial charge in [0.05, 0.1) is 30.0 Å². The Morgan fingerprint density at radius 1 is 1.07 bits per heavy atom. The molecule has 2 heterocycles. The lowest BCUT2D eigenvalue weighted by atomic mass is 9.95. The summed E-state index contributed by atoms with van der Waals surface area (Å²) in [6, 6.07) is 18.6. The zero-order valence-corrected chi connectivity index (χ0v) is 23.1. The topological polar surface area (TPSA) is 159 Å². The lowest BCUT2D eigenvalue weighted by molar-refractivity contribution is 0.0600. The van der Waals surface area contributed by atoms with Crippen molar-refractivity contribution in [3.8, 4) is 34.7 Å². The maximum absolute atomic E-state index is 11.7. The molecule has 40 heavy (non-hydrogen) atoms. The van der Waals surface area contributed by atoms with Crippen LogP contribution in [0.2, 0.25) is 0 Å². The number of carbonyl (C=O) groups excluding carboxylic acids is 1. The van der Waals surface area contributed by atoms with E-state index in [-0.39, 0.29) is 16.9 Å². The summed E-state index contributed by atoms with van der Waals surface area (Å²) in [4.78, 5) is 20.7. The summed E-state index contributed by atoms with van der Waals surface area (Å²) in [5.41, 5.74) is 10.5. The van der Waals surface area contributed by atoms with Gasteiger partial charge in [0.1, 0.15) is 34.3 Å². The maximum Gasteiger partial charge on any atom is 0.337 e. The number of nitrogens with zero attached hydrogens (tertiary/aromatic N) is 4. The minimum Gasteiger partial charge on any atom is -0.465 e. The van der Waals surface area contributed by atoms with Gasteiger partial charge in [-0.25, -0.2) is 14.8 Å². The summed E-state index contributed by atoms with van der Waals surface area (Å²) >= 11 is 1.28. The summed E-state index contributed by atoms with van der Waals surface area (Å²) in [5, 5.41) is 29.9. The average Bonchev–Trinajstić information content (AvgIpc) is 3.34. The fourth-order valence-electron chi connectivity index (χ4n) is 4.09. The van der Waals surface area contributed by atoms with Gasteiger partial charge in [-0.05, 0) is 62.1 Å². The third kappa shape index (κ3) is 6.15. The summed E-state index contributed by atoms with van der Waals surface area (Å²) in [6.45, 7) is 3.54. The van der Waals surface area contributed by atoms with Gasteiger partial charge < -0.3 is 20.0 Å². The van der Waals surface area contributed by atoms with Crippen LogP contribution >= 0.6 is 11.8 Å². The van der Waals surface area contributed by atoms with Crippen LogP contribution in [0.1, 0.15) is 51.8 Å². The monoisotopic (exact) mass is 553 g/mol. The van der Waals surface area contributed by atoms with Crippen LogP contribution in [0.5, 0.6) is 0 Å². The number of hydrogen-bond acceptors (Lipinski definition) is 10. The van der Waals surface area contributed by atoms with Crippen LogP contribution in [0, 0.1) is 29.6 Å². The number of aliphatic hydroxyl groups excluding tert-OH is 1. The van der Waals surface area contributed by atoms with Gasteiger partial charge in [-0.15, -0.1) is 0 Å². The normalized spacial score (nSPS) is 11.4. The maximum atomic E-state index is 11.7. The van der Waals surface area contributed by atoms with Crippen molar-refractivity contribution >= 4 is 23.5 Å². The van der Waals surface area contributed by atoms with Crippen LogP contribution in [-0.4, -0.2) is 34.3 Å². The highest BCUT2D eigenvalue weighted by atomic mass is 32.2. The van der Waals surface area contributed by atoms with E-state index in [0.717, 1.165) is 5.56 Å². The minimum atomic E-state index is -0.429. The molecule has 0 saturated carbocycles. The number of pyridine rings is 1. The number of rotatable bonds is 9. The first-order valence-electron chi connectivity index (χ1n) is 12.4. The van der Waals surface area contributed by atoms with E-state index in [1.54, 1.807) is 38.1 Å². The van der Waals surface area contributed by atoms with Crippen LogP contribution in [0.3, 0.4) is 0 Å². The molecule has 2 aromatic carbocycles. The second-order valence-corrected chi connectivity index (χ2v) is 10.1. The number of nitrogens with two attached hydrogens (primary N) is 1. The van der Waals surface area contributed by atoms with Crippen LogP contribution in [0.4, 0.5) is 5.82 Å². The third-order valence-corrected chi connectivity index (χ3v) is 7.29. The zero-order valence-electron chi connectivity index (χ0n) is 22.3. The van der Waals surface area contributed by atoms with Crippen molar-refractivity contribution in [2.24, 2.45) is 0 Å². The lowest BCUT2D eigenvalue weighted by Crippen LogP contribution is -2.04. The standard InChI is InChI=1S/C30H27N5O4S/c1-17(36)4-5-19-6-8-20(9-7-19)26-23(14-31)27(33)35-29(24(26)15-32)40-16-25-18(2)39-28(34-25)21-10-12-22(13-11-21)30(37)38-3/h6-13,17,36H,4-5,16H2,1-3H3,(H2,33,35)/t17-/m0/s1. The van der Waals surface area contributed by atoms with E-state index in [1.807, 2.05) is 24.3 Å². The highest BCUT2D eigenvalue weighted by molar-refractivity contribution is 7.98. The molecule has 4 rings (SSSR count). The Morgan fingerprint density at radius 3 is 2.33 bits per heavy atom. The molecule has 2 aromatic heterocycles. The molecule has 0 bridgehead atoms. The number of nitrogen functional groups attached to an aromatic ring is 1. The van der Waals surface area contributed by atoms with Gasteiger partial charge in [0, 0.05) is 16.9 Å². The zero-order chi connectivity index (χ0) is 28.8. The Labute approximate surface area is 236 Å². The van der Waals surface area contributed by atoms with Gasteiger partial charge in [-0.1, -0.05) is 36.0 Å². The number of esters is 1. The molecule has 0 aliphatic rings. The molecule has 0 amide bonds. The molecule has 9 nitrogen and oxygen atoms in total. The molecule has 0 spiro atoms. The van der Waals surface area contributed by atoms with E-state index in [2.05, 4.69) is 22.1 Å². The number of carbonyl (C=O) groups is 1. The van der Waals surface area contributed by atoms with Gasteiger partial charge in [0.15, 0.2) is 0 Å². The van der Waals surface area contributed by atoms with Gasteiger partial charge in [-0.3, -0.25) is 0 Å². The molecule has 202 valence electrons. The first-order valence-corrected chi connectivity index (χ1v) is 13.4. The molecule has 10 heteroatoms. The summed E-state index contributed by atoms with van der Waals surface area (Å²) in [7, 11) is 1.32. The van der Waals surface area contributed by atoms with E-state index in [1.165, 1.54) is 18.9 Å². The van der Waals surface area contributed by atoms with Crippen LogP contribution in [0.25, 0.3) is 22.6 Å². The van der Waals surface area contributed by atoms with E-state index in [4.69, 9.17) is 14.9 Å². The third-order valence-electron chi connectivity index (χ3n) is 6.30. The summed E-state index contributed by atoms with van der Waals surface area (Å²) < 4.78 is 10.6. The number of ether oxygens (including phenoxy) is 1. The number of oxazole rings is 1. The molecular weight excluding hydrogens is 526 g/mol. The number of anilines is 1. The van der Waals surface area contributed by atoms with Gasteiger partial charge in [-0.2, -0.15) is 10.5 Å². The SMILES string of the molecule is COC(=O)c1ccc(-c2nc(CSc3nc(N)c(C#N)c(-c4ccc(CC[C@H](C)O)cc4)c3C#N)c(C)o2)cc1. The smallest absolute Gasteiger partial charge is 0.337 e. The number of thioether (sulfide) groups is 1. The molecule has 0 aliphatic carbocycles. The Balaban J connectivity index is 1.61. The quantitative estimate of drug-likeness (QED) is 0.202. The van der Waals surface area contributed by atoms with Crippen molar-refractivity contribution in [3.63, 3.8) is 0 Å². The Kier molecular flexibility index (Phi) is 8.85. The molecule has 0 unspecified atom stereocenters. The van der Waals surface area contributed by atoms with Crippen molar-refractivity contribution in [1.29, 1.82) is 10.5 Å². The lowest BCUT2D eigenvalue weighted by Gasteiger charge is -2.13. The van der Waals surface area contributed by atoms with Crippen LogP contribution in [0.15, 0.2) is 58.0 Å². The minimum absolute atomic E-state index is 0.0421. The van der Waals surface area contributed by atoms with E-state index < -0.39 is 12.1 Å². The number of aromatic nitrogens is 2. The van der Waals surface area contributed by atoms with Gasteiger partial charge >= 0.3 is 5.97 Å². The van der Waals surface area contributed by atoms with Crippen LogP contribution in [-0.2, 0) is 16.9 Å². The van der Waals surface area contributed by atoms with Crippen molar-refractivity contribution in [2.75, 3.05) is 12.8 Å². The molecule has 0 aliphatic heterocycles. The Bertz CT molecular complexity index is 1610. The van der Waals surface area contributed by atoms with E-state index in [9.17, 15) is 20.4 Å². The van der Waals surface area contributed by atoms with E-state index in [0.29, 0.717) is 63.2 Å². The molecule has 0 saturated heterocycles. The average molecular weight is 554 g/mol. The molecule has 0 fully saturated rings. The van der Waals surface area contributed by atoms with Crippen LogP contribution < -0.4 is 5.73 Å². The van der Waals surface area contributed by atoms with Crippen molar-refractivity contribution < 1.29 is 19.1 Å². The molecule has 4 aromatic rings. The second-order valence-electron chi connectivity index (χ2n) is 9.11. The first kappa shape index (κ1) is 28.4. The van der Waals surface area contributed by atoms with Crippen molar-refractivity contribution in [1.82, 2.24) is 9.97 Å². The molecule has 1 atom stereocenters. The fourth-order valence-corrected chi connectivity index (χ4v) is 5.09. The molecule has 0 radical (unpaired) electrons. The highest BCUT2D eigenvalue weighted by Gasteiger charge is 2.22. The summed E-state index contributed by atoms with van der Waals surface area (Å²) in [6.07, 6.45) is 0.950. The van der Waals surface area contributed by atoms with Gasteiger partial charge in [0.25, 0.3) is 0 Å². The second kappa shape index (κ2) is 12.5. The first-order chi connectivity index (χ1) is 19.2. The largest absolute Gasteiger partial charge is 0.465 e. The van der Waals surface area contributed by atoms with Crippen molar-refractivity contribution in [2.45, 2.75) is 43.6 Å². The Hall–Kier alpha value is -4.64. The Morgan fingerprint density at radius 2 is 1.73 bits per heavy atom. The number of benzene rings is 2. The summed E-state index contributed by atoms with van der Waals surface area (Å²) in [5.74, 6) is 0.962. The molecule has 3 N–H and O–H groups in total. The predicted octanol–water partition coefficient (Wildman–Crippen LogP) is 5.43. The number of nitriles is 2. The van der Waals surface area contributed by atoms with Crippen molar-refractivity contribution in [3.05, 3.63) is 82.2 Å². The number of hydrogen-bond donors (Lipinski definition) is 2. The number of aliphatic hydroxyl groups is 1. The predicted molar refractivity (Wildman–Crippen MR) is 151 cm³/mol. The number of aryl methyl sites for hydroxylation is 2. The van der Waals surface area contributed by atoms with Gasteiger partial charge in [0.2, 0.25) is 5.89 Å². The van der Waals surface area contributed by atoms with E-state index >= 15 is 0 Å². The number of methoxy groups -OCH3 is 1.